The molecule has 5 rings (SSSR count). The maximum atomic E-state index is 13.8. The van der Waals surface area contributed by atoms with E-state index in [1.807, 2.05) is 24.4 Å². The number of carbonyl (C=O) groups excluding carboxylic acids is 3. The summed E-state index contributed by atoms with van der Waals surface area (Å²) in [5.41, 5.74) is 2.94. The number of fused-ring (bicyclic) bond motifs is 1. The lowest BCUT2D eigenvalue weighted by Crippen LogP contribution is -2.50. The largest absolute Gasteiger partial charge is 0.485 e. The van der Waals surface area contributed by atoms with Crippen LogP contribution in [0.3, 0.4) is 0 Å². The van der Waals surface area contributed by atoms with E-state index in [-0.39, 0.29) is 54.8 Å². The van der Waals surface area contributed by atoms with E-state index in [1.165, 1.54) is 16.2 Å². The van der Waals surface area contributed by atoms with Gasteiger partial charge in [-0.2, -0.15) is 0 Å². The second-order valence-electron chi connectivity index (χ2n) is 11.2. The fourth-order valence-corrected chi connectivity index (χ4v) is 5.75. The Labute approximate surface area is 265 Å². The highest BCUT2D eigenvalue weighted by Crippen LogP contribution is 2.35. The molecule has 2 aromatic heterocycles. The van der Waals surface area contributed by atoms with Gasteiger partial charge in [0, 0.05) is 42.2 Å². The molecule has 0 fully saturated rings. The number of carbonyl (C=O) groups is 3. The number of nitrogens with one attached hydrogen (secondary N) is 2. The third kappa shape index (κ3) is 6.84. The van der Waals surface area contributed by atoms with Gasteiger partial charge in [-0.05, 0) is 45.0 Å². The molecule has 4 amide bonds. The molecule has 0 spiro atoms. The summed E-state index contributed by atoms with van der Waals surface area (Å²) in [5, 5.41) is 22.4. The van der Waals surface area contributed by atoms with Gasteiger partial charge in [0.15, 0.2) is 11.5 Å². The van der Waals surface area contributed by atoms with E-state index in [9.17, 15) is 19.5 Å². The van der Waals surface area contributed by atoms with E-state index < -0.39 is 12.1 Å². The lowest BCUT2D eigenvalue weighted by atomic mass is 9.99. The van der Waals surface area contributed by atoms with Gasteiger partial charge in [-0.3, -0.25) is 9.59 Å². The SMILES string of the molecule is Cc1noc(C)c1NC(=O)N(C)C[C@H]1Oc2c(NC(=O)c3ccc(-c4nccs4)cc3)cccc2C(=O)N([C@@H](C)CO)C[C@H]1C. The number of thiazole rings is 1. The summed E-state index contributed by atoms with van der Waals surface area (Å²) < 4.78 is 11.7. The Hall–Kier alpha value is -4.75. The molecule has 3 atom stereocenters. The van der Waals surface area contributed by atoms with Crippen molar-refractivity contribution in [1.82, 2.24) is 19.9 Å². The molecule has 13 heteroatoms. The second kappa shape index (κ2) is 13.5. The number of likely N-dealkylation sites (N-methyl/N-ethyl adjacent to an activating group) is 1. The Bertz CT molecular complexity index is 1650. The van der Waals surface area contributed by atoms with Gasteiger partial charge in [-0.25, -0.2) is 9.78 Å². The fourth-order valence-electron chi connectivity index (χ4n) is 5.10. The molecule has 236 valence electrons. The van der Waals surface area contributed by atoms with Crippen LogP contribution < -0.4 is 15.4 Å². The molecule has 3 N–H and O–H groups in total. The van der Waals surface area contributed by atoms with Gasteiger partial charge in [0.05, 0.1) is 30.4 Å². The molecule has 2 aromatic carbocycles. The molecular formula is C32H36N6O6S. The summed E-state index contributed by atoms with van der Waals surface area (Å²) in [6.07, 6.45) is 1.14. The normalized spacial score (nSPS) is 17.0. The number of aliphatic hydroxyl groups excluding tert-OH is 1. The lowest BCUT2D eigenvalue weighted by molar-refractivity contribution is 0.0372. The third-order valence-electron chi connectivity index (χ3n) is 7.83. The molecular weight excluding hydrogens is 596 g/mol. The van der Waals surface area contributed by atoms with Gasteiger partial charge in [-0.15, -0.1) is 11.3 Å². The second-order valence-corrected chi connectivity index (χ2v) is 12.1. The first kappa shape index (κ1) is 31.7. The predicted octanol–water partition coefficient (Wildman–Crippen LogP) is 5.05. The number of ether oxygens (including phenoxy) is 1. The summed E-state index contributed by atoms with van der Waals surface area (Å²) in [5.74, 6) is -0.281. The molecule has 4 aromatic rings. The number of hydrogen-bond acceptors (Lipinski definition) is 9. The molecule has 0 radical (unpaired) electrons. The zero-order chi connectivity index (χ0) is 32.2. The highest BCUT2D eigenvalue weighted by atomic mass is 32.1. The zero-order valence-corrected chi connectivity index (χ0v) is 26.6. The number of amides is 4. The van der Waals surface area contributed by atoms with Crippen molar-refractivity contribution in [3.8, 4) is 16.3 Å². The first-order valence-electron chi connectivity index (χ1n) is 14.5. The van der Waals surface area contributed by atoms with Crippen LogP contribution in [0.4, 0.5) is 16.2 Å². The monoisotopic (exact) mass is 632 g/mol. The van der Waals surface area contributed by atoms with Crippen molar-refractivity contribution in [1.29, 1.82) is 0 Å². The smallest absolute Gasteiger partial charge is 0.321 e. The first-order valence-corrected chi connectivity index (χ1v) is 15.4. The number of aromatic nitrogens is 2. The number of nitrogens with zero attached hydrogens (tertiary/aromatic N) is 4. The van der Waals surface area contributed by atoms with Crippen molar-refractivity contribution in [3.05, 3.63) is 76.6 Å². The highest BCUT2D eigenvalue weighted by molar-refractivity contribution is 7.13. The standard InChI is InChI=1S/C32H36N6O6S/c1-18-15-38(19(2)17-39)31(41)24-7-6-8-25(34-29(40)22-9-11-23(12-10-22)30-33-13-14-45-30)28(24)43-26(18)16-37(5)32(42)35-27-20(3)36-44-21(27)4/h6-14,18-19,26,39H,15-17H2,1-5H3,(H,34,40)(H,35,42)/t18-,19+,26-/m1/s1. The maximum Gasteiger partial charge on any atom is 0.321 e. The van der Waals surface area contributed by atoms with Gasteiger partial charge in [-0.1, -0.05) is 30.3 Å². The predicted molar refractivity (Wildman–Crippen MR) is 171 cm³/mol. The zero-order valence-electron chi connectivity index (χ0n) is 25.7. The van der Waals surface area contributed by atoms with Crippen LogP contribution in [-0.2, 0) is 0 Å². The molecule has 0 aliphatic carbocycles. The molecule has 45 heavy (non-hydrogen) atoms. The van der Waals surface area contributed by atoms with Crippen LogP contribution in [0.15, 0.2) is 58.6 Å². The average Bonchev–Trinajstić information content (AvgIpc) is 3.69. The van der Waals surface area contributed by atoms with Crippen LogP contribution in [0.5, 0.6) is 5.75 Å². The molecule has 1 aliphatic heterocycles. The average molecular weight is 633 g/mol. The minimum atomic E-state index is -0.582. The van der Waals surface area contributed by atoms with E-state index in [2.05, 4.69) is 20.8 Å². The quantitative estimate of drug-likeness (QED) is 0.244. The number of rotatable bonds is 8. The number of aryl methyl sites for hydroxylation is 2. The van der Waals surface area contributed by atoms with E-state index in [0.29, 0.717) is 28.4 Å². The molecule has 0 saturated heterocycles. The molecule has 12 nitrogen and oxygen atoms in total. The summed E-state index contributed by atoms with van der Waals surface area (Å²) in [6.45, 7) is 7.36. The van der Waals surface area contributed by atoms with Crippen LogP contribution in [0.25, 0.3) is 10.6 Å². The highest BCUT2D eigenvalue weighted by Gasteiger charge is 2.35. The Kier molecular flexibility index (Phi) is 9.49. The summed E-state index contributed by atoms with van der Waals surface area (Å²) in [7, 11) is 1.64. The van der Waals surface area contributed by atoms with Crippen LogP contribution in [0.1, 0.15) is 46.0 Å². The number of hydrogen-bond donors (Lipinski definition) is 3. The summed E-state index contributed by atoms with van der Waals surface area (Å²) >= 11 is 1.51. The Balaban J connectivity index is 1.43. The Morgan fingerprint density at radius 2 is 1.93 bits per heavy atom. The van der Waals surface area contributed by atoms with E-state index in [1.54, 1.807) is 69.2 Å². The van der Waals surface area contributed by atoms with E-state index in [4.69, 9.17) is 9.26 Å². The van der Waals surface area contributed by atoms with Crippen LogP contribution >= 0.6 is 11.3 Å². The number of anilines is 2. The van der Waals surface area contributed by atoms with Crippen molar-refractivity contribution in [3.63, 3.8) is 0 Å². The first-order chi connectivity index (χ1) is 21.6. The van der Waals surface area contributed by atoms with E-state index in [0.717, 1.165) is 10.6 Å². The Morgan fingerprint density at radius 3 is 2.58 bits per heavy atom. The van der Waals surface area contributed by atoms with Crippen molar-refractivity contribution >= 4 is 40.6 Å². The van der Waals surface area contributed by atoms with Crippen LogP contribution in [0, 0.1) is 19.8 Å². The molecule has 0 saturated carbocycles. The third-order valence-corrected chi connectivity index (χ3v) is 8.65. The maximum absolute atomic E-state index is 13.8. The number of benzene rings is 2. The van der Waals surface area contributed by atoms with Crippen LogP contribution in [0.2, 0.25) is 0 Å². The van der Waals surface area contributed by atoms with E-state index >= 15 is 0 Å². The molecule has 0 unspecified atom stereocenters. The van der Waals surface area contributed by atoms with Gasteiger partial charge in [0.1, 0.15) is 22.5 Å². The summed E-state index contributed by atoms with van der Waals surface area (Å²) in [6, 6.07) is 11.2. The number of aliphatic hydroxyl groups is 1. The van der Waals surface area contributed by atoms with Crippen molar-refractivity contribution < 1.29 is 28.8 Å². The molecule has 0 bridgehead atoms. The minimum Gasteiger partial charge on any atom is -0.485 e. The van der Waals surface area contributed by atoms with Gasteiger partial charge < -0.3 is 34.8 Å². The lowest BCUT2D eigenvalue weighted by Gasteiger charge is -2.38. The summed E-state index contributed by atoms with van der Waals surface area (Å²) in [4.78, 5) is 47.8. The van der Waals surface area contributed by atoms with Gasteiger partial charge in [0.25, 0.3) is 11.8 Å². The minimum absolute atomic E-state index is 0.159. The number of urea groups is 1. The topological polar surface area (TPSA) is 150 Å². The van der Waals surface area contributed by atoms with Gasteiger partial charge >= 0.3 is 6.03 Å². The fraction of sp³-hybridized carbons (Fsp3) is 0.344. The molecule has 3 heterocycles. The van der Waals surface area contributed by atoms with Gasteiger partial charge in [0.2, 0.25) is 0 Å². The van der Waals surface area contributed by atoms with Crippen LogP contribution in [-0.4, -0.2) is 81.8 Å². The number of para-hydroxylation sites is 1. The Morgan fingerprint density at radius 1 is 1.18 bits per heavy atom. The molecule has 1 aliphatic rings. The van der Waals surface area contributed by atoms with Crippen molar-refractivity contribution in [2.75, 3.05) is 37.4 Å². The van der Waals surface area contributed by atoms with Crippen molar-refractivity contribution in [2.24, 2.45) is 5.92 Å². The van der Waals surface area contributed by atoms with Crippen molar-refractivity contribution in [2.45, 2.75) is 39.8 Å².